The van der Waals surface area contributed by atoms with Gasteiger partial charge in [-0.25, -0.2) is 0 Å². The van der Waals surface area contributed by atoms with Crippen LogP contribution in [0.15, 0.2) is 11.6 Å². The number of thioether (sulfide) groups is 1. The second-order valence-electron chi connectivity index (χ2n) is 5.85. The van der Waals surface area contributed by atoms with E-state index in [-0.39, 0.29) is 0 Å². The van der Waals surface area contributed by atoms with Gasteiger partial charge in [0, 0.05) is 5.25 Å². The average Bonchev–Trinajstić information content (AvgIpc) is 2.86. The van der Waals surface area contributed by atoms with Gasteiger partial charge >= 0.3 is 0 Å². The first-order chi connectivity index (χ1) is 7.24. The molecule has 1 heterocycles. The van der Waals surface area contributed by atoms with E-state index in [0.717, 1.165) is 34.8 Å². The van der Waals surface area contributed by atoms with Gasteiger partial charge in [-0.3, -0.25) is 0 Å². The molecule has 5 atom stereocenters. The number of hydrogen-bond donors (Lipinski definition) is 0. The molecule has 15 heavy (non-hydrogen) atoms. The van der Waals surface area contributed by atoms with Crippen molar-refractivity contribution in [1.29, 1.82) is 0 Å². The predicted molar refractivity (Wildman–Crippen MR) is 68.0 cm³/mol. The van der Waals surface area contributed by atoms with E-state index in [1.54, 1.807) is 0 Å². The van der Waals surface area contributed by atoms with Crippen molar-refractivity contribution in [3.63, 3.8) is 0 Å². The van der Waals surface area contributed by atoms with E-state index in [0.29, 0.717) is 0 Å². The molecule has 2 saturated carbocycles. The molecule has 0 spiro atoms. The SMILES string of the molecule is CC=C1C2CC(C3SCCC23)C1C(C)C. The van der Waals surface area contributed by atoms with Gasteiger partial charge in [0.15, 0.2) is 0 Å². The van der Waals surface area contributed by atoms with Crippen molar-refractivity contribution in [2.45, 2.75) is 38.9 Å². The fraction of sp³-hybridized carbons (Fsp3) is 0.857. The third kappa shape index (κ3) is 1.28. The summed E-state index contributed by atoms with van der Waals surface area (Å²) in [5.41, 5.74) is 1.83. The Balaban J connectivity index is 1.94. The Hall–Kier alpha value is 0.0900. The summed E-state index contributed by atoms with van der Waals surface area (Å²) in [4.78, 5) is 0. The molecule has 0 aromatic heterocycles. The monoisotopic (exact) mass is 222 g/mol. The molecule has 0 amide bonds. The van der Waals surface area contributed by atoms with Crippen molar-refractivity contribution in [1.82, 2.24) is 0 Å². The summed E-state index contributed by atoms with van der Waals surface area (Å²) in [6.07, 6.45) is 5.47. The minimum atomic E-state index is 0.855. The summed E-state index contributed by atoms with van der Waals surface area (Å²) in [6, 6.07) is 0. The van der Waals surface area contributed by atoms with E-state index in [4.69, 9.17) is 0 Å². The molecular weight excluding hydrogens is 200 g/mol. The Labute approximate surface area is 97.9 Å². The topological polar surface area (TPSA) is 0 Å². The standard InChI is InChI=1S/C14H22S/c1-4-9-11-7-12(13(9)8(2)3)14-10(11)5-6-15-14/h4,8,10-14H,5-7H2,1-3H3. The zero-order valence-corrected chi connectivity index (χ0v) is 10.9. The molecule has 2 aliphatic carbocycles. The van der Waals surface area contributed by atoms with Crippen LogP contribution in [0.3, 0.4) is 0 Å². The lowest BCUT2D eigenvalue weighted by atomic mass is 9.72. The average molecular weight is 222 g/mol. The first kappa shape index (κ1) is 10.3. The Morgan fingerprint density at radius 3 is 2.80 bits per heavy atom. The van der Waals surface area contributed by atoms with Crippen LogP contribution < -0.4 is 0 Å². The summed E-state index contributed by atoms with van der Waals surface area (Å²) >= 11 is 2.28. The lowest BCUT2D eigenvalue weighted by molar-refractivity contribution is 0.287. The maximum Gasteiger partial charge on any atom is 0.0116 e. The number of hydrogen-bond acceptors (Lipinski definition) is 1. The van der Waals surface area contributed by atoms with E-state index in [1.165, 1.54) is 18.6 Å². The molecule has 0 nitrogen and oxygen atoms in total. The molecular formula is C14H22S. The Bertz CT molecular complexity index is 292. The van der Waals surface area contributed by atoms with Crippen LogP contribution >= 0.6 is 11.8 Å². The molecule has 1 aliphatic heterocycles. The first-order valence-electron chi connectivity index (χ1n) is 6.51. The molecule has 0 radical (unpaired) electrons. The van der Waals surface area contributed by atoms with E-state index in [2.05, 4.69) is 38.6 Å². The van der Waals surface area contributed by atoms with Gasteiger partial charge in [-0.05, 0) is 55.1 Å². The van der Waals surface area contributed by atoms with Crippen molar-refractivity contribution >= 4 is 11.8 Å². The van der Waals surface area contributed by atoms with Crippen LogP contribution in [0.4, 0.5) is 0 Å². The minimum absolute atomic E-state index is 0.855. The lowest BCUT2D eigenvalue weighted by Gasteiger charge is -2.35. The second kappa shape index (κ2) is 3.55. The molecule has 1 heteroatoms. The highest BCUT2D eigenvalue weighted by Gasteiger charge is 2.56. The third-order valence-electron chi connectivity index (χ3n) is 4.97. The van der Waals surface area contributed by atoms with Gasteiger partial charge in [-0.15, -0.1) is 0 Å². The molecule has 3 aliphatic rings. The second-order valence-corrected chi connectivity index (χ2v) is 7.14. The van der Waals surface area contributed by atoms with Crippen molar-refractivity contribution in [3.05, 3.63) is 11.6 Å². The van der Waals surface area contributed by atoms with E-state index < -0.39 is 0 Å². The fourth-order valence-corrected chi connectivity index (χ4v) is 6.40. The summed E-state index contributed by atoms with van der Waals surface area (Å²) in [5.74, 6) is 6.27. The number of fused-ring (bicyclic) bond motifs is 5. The summed E-state index contributed by atoms with van der Waals surface area (Å²) in [5, 5.41) is 1.03. The summed E-state index contributed by atoms with van der Waals surface area (Å²) < 4.78 is 0. The molecule has 5 unspecified atom stereocenters. The van der Waals surface area contributed by atoms with Crippen molar-refractivity contribution in [2.75, 3.05) is 5.75 Å². The molecule has 1 saturated heterocycles. The van der Waals surface area contributed by atoms with Crippen LogP contribution in [0.2, 0.25) is 0 Å². The Morgan fingerprint density at radius 1 is 1.33 bits per heavy atom. The largest absolute Gasteiger partial charge is 0.158 e. The van der Waals surface area contributed by atoms with Gasteiger partial charge in [0.05, 0.1) is 0 Å². The molecule has 2 bridgehead atoms. The van der Waals surface area contributed by atoms with Crippen LogP contribution in [0.1, 0.15) is 33.6 Å². The normalized spacial score (nSPS) is 50.7. The first-order valence-corrected chi connectivity index (χ1v) is 7.56. The maximum atomic E-state index is 2.45. The smallest absolute Gasteiger partial charge is 0.0116 e. The predicted octanol–water partition coefficient (Wildman–Crippen LogP) is 3.98. The van der Waals surface area contributed by atoms with Crippen molar-refractivity contribution < 1.29 is 0 Å². The van der Waals surface area contributed by atoms with E-state index >= 15 is 0 Å². The van der Waals surface area contributed by atoms with Gasteiger partial charge in [-0.1, -0.05) is 25.5 Å². The van der Waals surface area contributed by atoms with Crippen LogP contribution in [0.5, 0.6) is 0 Å². The highest BCUT2D eigenvalue weighted by Crippen LogP contribution is 2.63. The van der Waals surface area contributed by atoms with Gasteiger partial charge in [0.25, 0.3) is 0 Å². The zero-order chi connectivity index (χ0) is 10.6. The minimum Gasteiger partial charge on any atom is -0.158 e. The summed E-state index contributed by atoms with van der Waals surface area (Å²) in [6.45, 7) is 7.11. The van der Waals surface area contributed by atoms with Crippen LogP contribution in [-0.4, -0.2) is 11.0 Å². The third-order valence-corrected chi connectivity index (χ3v) is 6.53. The molecule has 0 aromatic rings. The number of rotatable bonds is 1. The van der Waals surface area contributed by atoms with Gasteiger partial charge in [-0.2, -0.15) is 11.8 Å². The highest BCUT2D eigenvalue weighted by molar-refractivity contribution is 8.00. The molecule has 3 fully saturated rings. The van der Waals surface area contributed by atoms with E-state index in [9.17, 15) is 0 Å². The molecule has 0 aromatic carbocycles. The lowest BCUT2D eigenvalue weighted by Crippen LogP contribution is -2.31. The quantitative estimate of drug-likeness (QED) is 0.605. The highest BCUT2D eigenvalue weighted by atomic mass is 32.2. The zero-order valence-electron chi connectivity index (χ0n) is 10.1. The summed E-state index contributed by atoms with van der Waals surface area (Å²) in [7, 11) is 0. The van der Waals surface area contributed by atoms with Crippen LogP contribution in [-0.2, 0) is 0 Å². The van der Waals surface area contributed by atoms with Gasteiger partial charge < -0.3 is 0 Å². The molecule has 84 valence electrons. The molecule has 3 rings (SSSR count). The van der Waals surface area contributed by atoms with Crippen LogP contribution in [0.25, 0.3) is 0 Å². The Morgan fingerprint density at radius 2 is 2.13 bits per heavy atom. The van der Waals surface area contributed by atoms with Gasteiger partial charge in [0.1, 0.15) is 0 Å². The van der Waals surface area contributed by atoms with E-state index in [1.807, 2.05) is 5.57 Å². The van der Waals surface area contributed by atoms with Crippen molar-refractivity contribution in [3.8, 4) is 0 Å². The maximum absolute atomic E-state index is 2.45. The number of allylic oxidation sites excluding steroid dienone is 2. The molecule has 0 N–H and O–H groups in total. The van der Waals surface area contributed by atoms with Crippen molar-refractivity contribution in [2.24, 2.45) is 29.6 Å². The van der Waals surface area contributed by atoms with Gasteiger partial charge in [0.2, 0.25) is 0 Å². The Kier molecular flexibility index (Phi) is 2.43. The fourth-order valence-electron chi connectivity index (χ4n) is 4.62. The van der Waals surface area contributed by atoms with Crippen LogP contribution in [0, 0.1) is 29.6 Å².